The number of nitrogens with zero attached hydrogens (tertiary/aromatic N) is 1. The number of hydrogen-bond donors (Lipinski definition) is 2. The number of nitrogens with one attached hydrogen (secondary N) is 1. The molecule has 0 radical (unpaired) electrons. The van der Waals surface area contributed by atoms with Gasteiger partial charge in [0.25, 0.3) is 0 Å². The van der Waals surface area contributed by atoms with Crippen LogP contribution >= 0.6 is 0 Å². The van der Waals surface area contributed by atoms with Crippen LogP contribution < -0.4 is 5.73 Å². The summed E-state index contributed by atoms with van der Waals surface area (Å²) in [7, 11) is 0. The average Bonchev–Trinajstić information content (AvgIpc) is 2.55. The van der Waals surface area contributed by atoms with E-state index in [9.17, 15) is 0 Å². The zero-order valence-electron chi connectivity index (χ0n) is 11.5. The first kappa shape index (κ1) is 13.1. The lowest BCUT2D eigenvalue weighted by Gasteiger charge is -2.06. The second kappa shape index (κ2) is 5.59. The van der Waals surface area contributed by atoms with Crippen LogP contribution in [-0.2, 0) is 0 Å². The van der Waals surface area contributed by atoms with E-state index in [1.165, 1.54) is 0 Å². The molecule has 0 aliphatic heterocycles. The zero-order valence-corrected chi connectivity index (χ0v) is 11.5. The maximum Gasteiger partial charge on any atom is 0.154 e. The summed E-state index contributed by atoms with van der Waals surface area (Å²) in [6.45, 7) is 0. The van der Waals surface area contributed by atoms with Crippen molar-refractivity contribution in [3.63, 3.8) is 0 Å². The van der Waals surface area contributed by atoms with Crippen LogP contribution in [0.25, 0.3) is 10.8 Å². The van der Waals surface area contributed by atoms with Crippen LogP contribution in [0.2, 0.25) is 0 Å². The average molecular weight is 273 g/mol. The van der Waals surface area contributed by atoms with Crippen LogP contribution in [0.5, 0.6) is 0 Å². The molecule has 0 amide bonds. The van der Waals surface area contributed by atoms with E-state index in [0.717, 1.165) is 21.9 Å². The van der Waals surface area contributed by atoms with E-state index in [0.29, 0.717) is 5.84 Å². The lowest BCUT2D eigenvalue weighted by atomic mass is 10.0. The second-order valence-corrected chi connectivity index (χ2v) is 4.74. The van der Waals surface area contributed by atoms with Gasteiger partial charge in [0, 0.05) is 11.1 Å². The molecule has 0 unspecified atom stereocenters. The lowest BCUT2D eigenvalue weighted by molar-refractivity contribution is 1.40. The quantitative estimate of drug-likeness (QED) is 0.544. The van der Waals surface area contributed by atoms with Crippen LogP contribution in [0.15, 0.2) is 77.8 Å². The van der Waals surface area contributed by atoms with Crippen molar-refractivity contribution in [2.24, 2.45) is 10.7 Å². The van der Waals surface area contributed by atoms with E-state index in [-0.39, 0.29) is 5.84 Å². The standard InChI is InChI=1S/C18H15N3/c19-17(14-8-2-1-3-9-14)21-18(20)16-12-6-10-13-7-4-5-11-15(13)16/h1-12H,(H3,19,20,21). The van der Waals surface area contributed by atoms with Gasteiger partial charge in [-0.05, 0) is 10.8 Å². The smallest absolute Gasteiger partial charge is 0.154 e. The first-order valence-electron chi connectivity index (χ1n) is 6.72. The highest BCUT2D eigenvalue weighted by molar-refractivity contribution is 6.14. The summed E-state index contributed by atoms with van der Waals surface area (Å²) in [5.74, 6) is 0.529. The minimum absolute atomic E-state index is 0.168. The van der Waals surface area contributed by atoms with Gasteiger partial charge in [0.05, 0.1) is 0 Å². The minimum atomic E-state index is 0.168. The number of rotatable bonds is 2. The molecular weight excluding hydrogens is 258 g/mol. The van der Waals surface area contributed by atoms with Gasteiger partial charge in [0.2, 0.25) is 0 Å². The fraction of sp³-hybridized carbons (Fsp3) is 0. The van der Waals surface area contributed by atoms with Crippen LogP contribution in [0, 0.1) is 5.41 Å². The van der Waals surface area contributed by atoms with E-state index in [1.54, 1.807) is 0 Å². The summed E-state index contributed by atoms with van der Waals surface area (Å²) < 4.78 is 0. The summed E-state index contributed by atoms with van der Waals surface area (Å²) in [6, 6.07) is 23.3. The molecule has 3 N–H and O–H groups in total. The fourth-order valence-electron chi connectivity index (χ4n) is 2.29. The summed E-state index contributed by atoms with van der Waals surface area (Å²) in [4.78, 5) is 4.25. The van der Waals surface area contributed by atoms with Crippen LogP contribution in [-0.4, -0.2) is 11.7 Å². The molecule has 3 aromatic carbocycles. The number of aliphatic imine (C=N–C) groups is 1. The van der Waals surface area contributed by atoms with Gasteiger partial charge in [-0.25, -0.2) is 4.99 Å². The highest BCUT2D eigenvalue weighted by atomic mass is 14.9. The van der Waals surface area contributed by atoms with Crippen molar-refractivity contribution in [1.82, 2.24) is 0 Å². The number of amidine groups is 2. The molecule has 0 saturated heterocycles. The molecule has 3 rings (SSSR count). The Morgan fingerprint density at radius 3 is 2.29 bits per heavy atom. The van der Waals surface area contributed by atoms with Gasteiger partial charge >= 0.3 is 0 Å². The van der Waals surface area contributed by atoms with Crippen molar-refractivity contribution in [3.05, 3.63) is 83.9 Å². The molecule has 3 heteroatoms. The molecule has 0 aromatic heterocycles. The molecule has 0 spiro atoms. The third-order valence-electron chi connectivity index (χ3n) is 3.35. The summed E-state index contributed by atoms with van der Waals surface area (Å²) in [5, 5.41) is 10.2. The van der Waals surface area contributed by atoms with E-state index in [4.69, 9.17) is 11.1 Å². The molecule has 0 heterocycles. The topological polar surface area (TPSA) is 62.2 Å². The Morgan fingerprint density at radius 1 is 0.810 bits per heavy atom. The van der Waals surface area contributed by atoms with E-state index >= 15 is 0 Å². The van der Waals surface area contributed by atoms with Crippen molar-refractivity contribution in [3.8, 4) is 0 Å². The Morgan fingerprint density at radius 2 is 1.48 bits per heavy atom. The maximum atomic E-state index is 8.05. The van der Waals surface area contributed by atoms with Gasteiger partial charge < -0.3 is 5.73 Å². The van der Waals surface area contributed by atoms with Crippen LogP contribution in [0.3, 0.4) is 0 Å². The zero-order chi connectivity index (χ0) is 14.7. The van der Waals surface area contributed by atoms with Gasteiger partial charge in [-0.3, -0.25) is 5.41 Å². The molecule has 0 bridgehead atoms. The Kier molecular flexibility index (Phi) is 3.48. The Bertz CT molecular complexity index is 815. The monoisotopic (exact) mass is 273 g/mol. The molecule has 0 aliphatic rings. The Hall–Kier alpha value is -2.94. The molecule has 0 saturated carbocycles. The third-order valence-corrected chi connectivity index (χ3v) is 3.35. The number of fused-ring (bicyclic) bond motifs is 1. The number of hydrogen-bond acceptors (Lipinski definition) is 1. The first-order chi connectivity index (χ1) is 10.3. The summed E-state index contributed by atoms with van der Waals surface area (Å²) >= 11 is 0. The predicted molar refractivity (Wildman–Crippen MR) is 87.9 cm³/mol. The van der Waals surface area contributed by atoms with E-state index < -0.39 is 0 Å². The van der Waals surface area contributed by atoms with Crippen molar-refractivity contribution in [1.29, 1.82) is 5.41 Å². The predicted octanol–water partition coefficient (Wildman–Crippen LogP) is 3.57. The molecule has 3 nitrogen and oxygen atoms in total. The lowest BCUT2D eigenvalue weighted by Crippen LogP contribution is -2.16. The first-order valence-corrected chi connectivity index (χ1v) is 6.72. The van der Waals surface area contributed by atoms with E-state index in [1.807, 2.05) is 72.8 Å². The SMILES string of the molecule is N=C(/N=C(\N)c1cccc2ccccc12)c1ccccc1. The molecular formula is C18H15N3. The van der Waals surface area contributed by atoms with Crippen molar-refractivity contribution in [2.45, 2.75) is 0 Å². The van der Waals surface area contributed by atoms with Gasteiger partial charge in [0.15, 0.2) is 5.84 Å². The second-order valence-electron chi connectivity index (χ2n) is 4.74. The highest BCUT2D eigenvalue weighted by Crippen LogP contribution is 2.18. The molecule has 102 valence electrons. The third kappa shape index (κ3) is 2.67. The van der Waals surface area contributed by atoms with Crippen molar-refractivity contribution >= 4 is 22.4 Å². The number of benzene rings is 3. The Balaban J connectivity index is 2.03. The largest absolute Gasteiger partial charge is 0.383 e. The van der Waals surface area contributed by atoms with Gasteiger partial charge in [0.1, 0.15) is 5.84 Å². The van der Waals surface area contributed by atoms with Gasteiger partial charge in [-0.15, -0.1) is 0 Å². The molecule has 0 atom stereocenters. The summed E-state index contributed by atoms with van der Waals surface area (Å²) in [5.41, 5.74) is 7.71. The van der Waals surface area contributed by atoms with Crippen molar-refractivity contribution < 1.29 is 0 Å². The molecule has 0 fully saturated rings. The fourth-order valence-corrected chi connectivity index (χ4v) is 2.29. The molecule has 21 heavy (non-hydrogen) atoms. The minimum Gasteiger partial charge on any atom is -0.383 e. The Labute approximate surface area is 123 Å². The van der Waals surface area contributed by atoms with Crippen molar-refractivity contribution in [2.75, 3.05) is 0 Å². The van der Waals surface area contributed by atoms with Crippen LogP contribution in [0.4, 0.5) is 0 Å². The normalized spacial score (nSPS) is 11.5. The maximum absolute atomic E-state index is 8.05. The van der Waals surface area contributed by atoms with Crippen LogP contribution in [0.1, 0.15) is 11.1 Å². The highest BCUT2D eigenvalue weighted by Gasteiger charge is 2.06. The molecule has 3 aromatic rings. The molecule has 0 aliphatic carbocycles. The van der Waals surface area contributed by atoms with E-state index in [2.05, 4.69) is 4.99 Å². The van der Waals surface area contributed by atoms with Gasteiger partial charge in [-0.1, -0.05) is 72.8 Å². The summed E-state index contributed by atoms with van der Waals surface area (Å²) in [6.07, 6.45) is 0. The number of nitrogens with two attached hydrogens (primary N) is 1. The van der Waals surface area contributed by atoms with Gasteiger partial charge in [-0.2, -0.15) is 0 Å².